The number of benzene rings is 1. The zero-order chi connectivity index (χ0) is 16.2. The minimum absolute atomic E-state index is 0.0840. The molecule has 6 heteroatoms. The molecule has 1 aromatic carbocycles. The van der Waals surface area contributed by atoms with Gasteiger partial charge in [0.2, 0.25) is 0 Å². The van der Waals surface area contributed by atoms with Crippen LogP contribution in [0.4, 0.5) is 8.78 Å². The molecule has 2 rings (SSSR count). The summed E-state index contributed by atoms with van der Waals surface area (Å²) in [6.45, 7) is 4.43. The smallest absolute Gasteiger partial charge is 0.132 e. The summed E-state index contributed by atoms with van der Waals surface area (Å²) in [6.07, 6.45) is 4.43. The van der Waals surface area contributed by atoms with Crippen molar-refractivity contribution in [2.24, 2.45) is 0 Å². The predicted octanol–water partition coefficient (Wildman–Crippen LogP) is 2.44. The van der Waals surface area contributed by atoms with Crippen molar-refractivity contribution in [1.29, 1.82) is 0 Å². The minimum Gasteiger partial charge on any atom is -0.384 e. The first-order valence-corrected chi connectivity index (χ1v) is 7.27. The van der Waals surface area contributed by atoms with E-state index in [4.69, 9.17) is 0 Å². The summed E-state index contributed by atoms with van der Waals surface area (Å²) < 4.78 is 28.5. The summed E-state index contributed by atoms with van der Waals surface area (Å²) in [6, 6.07) is 5.19. The second-order valence-corrected chi connectivity index (χ2v) is 5.74. The summed E-state index contributed by atoms with van der Waals surface area (Å²) in [5, 5.41) is 17.7. The van der Waals surface area contributed by atoms with E-state index in [-0.39, 0.29) is 18.2 Å². The third kappa shape index (κ3) is 4.35. The fourth-order valence-corrected chi connectivity index (χ4v) is 2.26. The lowest BCUT2D eigenvalue weighted by atomic mass is 9.95. The first-order chi connectivity index (χ1) is 10.4. The molecule has 2 N–H and O–H groups in total. The molecule has 1 aromatic heterocycles. The molecule has 120 valence electrons. The highest BCUT2D eigenvalue weighted by molar-refractivity contribution is 5.24. The molecule has 22 heavy (non-hydrogen) atoms. The van der Waals surface area contributed by atoms with Gasteiger partial charge in [-0.25, -0.2) is 8.78 Å². The Morgan fingerprint density at radius 1 is 1.41 bits per heavy atom. The lowest BCUT2D eigenvalue weighted by molar-refractivity contribution is 0.0501. The molecular formula is C16H21F2N3O. The number of hydrogen-bond acceptors (Lipinski definition) is 3. The Morgan fingerprint density at radius 3 is 2.82 bits per heavy atom. The molecular weight excluding hydrogens is 288 g/mol. The largest absolute Gasteiger partial charge is 0.384 e. The number of halogens is 2. The molecule has 0 saturated heterocycles. The molecule has 2 atom stereocenters. The topological polar surface area (TPSA) is 50.1 Å². The van der Waals surface area contributed by atoms with E-state index in [1.54, 1.807) is 6.20 Å². The van der Waals surface area contributed by atoms with Gasteiger partial charge in [0.1, 0.15) is 17.2 Å². The Balaban J connectivity index is 1.88. The van der Waals surface area contributed by atoms with E-state index in [0.29, 0.717) is 0 Å². The van der Waals surface area contributed by atoms with Crippen LogP contribution in [-0.2, 0) is 12.1 Å². The first-order valence-electron chi connectivity index (χ1n) is 7.27. The molecule has 2 unspecified atom stereocenters. The van der Waals surface area contributed by atoms with E-state index in [0.717, 1.165) is 25.1 Å². The average molecular weight is 309 g/mol. The molecule has 0 spiro atoms. The molecule has 0 aliphatic rings. The average Bonchev–Trinajstić information content (AvgIpc) is 2.96. The second-order valence-electron chi connectivity index (χ2n) is 5.74. The van der Waals surface area contributed by atoms with Crippen LogP contribution in [-0.4, -0.2) is 27.5 Å². The number of aryl methyl sites for hydroxylation is 1. The van der Waals surface area contributed by atoms with Crippen LogP contribution in [0.5, 0.6) is 0 Å². The Bertz CT molecular complexity index is 599. The monoisotopic (exact) mass is 309 g/mol. The van der Waals surface area contributed by atoms with Gasteiger partial charge in [-0.05, 0) is 32.4 Å². The van der Waals surface area contributed by atoms with Crippen LogP contribution in [0.15, 0.2) is 36.7 Å². The molecule has 0 radical (unpaired) electrons. The summed E-state index contributed by atoms with van der Waals surface area (Å²) in [4.78, 5) is 0. The zero-order valence-electron chi connectivity index (χ0n) is 12.8. The van der Waals surface area contributed by atoms with E-state index in [2.05, 4.69) is 10.4 Å². The van der Waals surface area contributed by atoms with Gasteiger partial charge in [0, 0.05) is 43.2 Å². The maximum atomic E-state index is 13.8. The van der Waals surface area contributed by atoms with Crippen LogP contribution < -0.4 is 5.32 Å². The molecule has 0 saturated carbocycles. The highest BCUT2D eigenvalue weighted by atomic mass is 19.1. The number of aliphatic hydroxyl groups is 1. The van der Waals surface area contributed by atoms with Crippen LogP contribution >= 0.6 is 0 Å². The van der Waals surface area contributed by atoms with Gasteiger partial charge in [0.05, 0.1) is 0 Å². The first kappa shape index (κ1) is 16.6. The van der Waals surface area contributed by atoms with Crippen molar-refractivity contribution in [2.75, 3.05) is 6.54 Å². The van der Waals surface area contributed by atoms with Crippen molar-refractivity contribution in [2.45, 2.75) is 38.5 Å². The predicted molar refractivity (Wildman–Crippen MR) is 80.2 cm³/mol. The number of rotatable bonds is 7. The summed E-state index contributed by atoms with van der Waals surface area (Å²) >= 11 is 0. The molecule has 2 aromatic rings. The molecule has 0 bridgehead atoms. The quantitative estimate of drug-likeness (QED) is 0.826. The summed E-state index contributed by atoms with van der Waals surface area (Å²) in [7, 11) is 0. The highest BCUT2D eigenvalue weighted by Crippen LogP contribution is 2.23. The van der Waals surface area contributed by atoms with Crippen LogP contribution in [0.3, 0.4) is 0 Å². The molecule has 0 aliphatic heterocycles. The Labute approximate surface area is 128 Å². The molecule has 0 fully saturated rings. The van der Waals surface area contributed by atoms with Crippen LogP contribution in [0.1, 0.15) is 25.8 Å². The SMILES string of the molecule is CC(CCn1cccn1)NCC(C)(O)c1ccc(F)cc1F. The van der Waals surface area contributed by atoms with E-state index < -0.39 is 17.2 Å². The van der Waals surface area contributed by atoms with E-state index >= 15 is 0 Å². The zero-order valence-corrected chi connectivity index (χ0v) is 12.8. The maximum absolute atomic E-state index is 13.8. The van der Waals surface area contributed by atoms with E-state index in [1.165, 1.54) is 13.0 Å². The van der Waals surface area contributed by atoms with Gasteiger partial charge in [-0.2, -0.15) is 5.10 Å². The fourth-order valence-electron chi connectivity index (χ4n) is 2.26. The number of nitrogens with zero attached hydrogens (tertiary/aromatic N) is 2. The van der Waals surface area contributed by atoms with Gasteiger partial charge in [-0.3, -0.25) is 4.68 Å². The van der Waals surface area contributed by atoms with Crippen molar-refractivity contribution in [3.63, 3.8) is 0 Å². The van der Waals surface area contributed by atoms with Gasteiger partial charge in [-0.15, -0.1) is 0 Å². The second kappa shape index (κ2) is 6.98. The van der Waals surface area contributed by atoms with Crippen LogP contribution in [0.25, 0.3) is 0 Å². The summed E-state index contributed by atoms with van der Waals surface area (Å²) in [5.74, 6) is -1.39. The highest BCUT2D eigenvalue weighted by Gasteiger charge is 2.27. The van der Waals surface area contributed by atoms with Gasteiger partial charge in [-0.1, -0.05) is 6.07 Å². The van der Waals surface area contributed by atoms with Crippen LogP contribution in [0.2, 0.25) is 0 Å². The normalized spacial score (nSPS) is 15.5. The third-order valence-corrected chi connectivity index (χ3v) is 3.66. The molecule has 0 aliphatic carbocycles. The maximum Gasteiger partial charge on any atom is 0.132 e. The Morgan fingerprint density at radius 2 is 2.18 bits per heavy atom. The van der Waals surface area contributed by atoms with Crippen molar-refractivity contribution < 1.29 is 13.9 Å². The Hall–Kier alpha value is -1.79. The third-order valence-electron chi connectivity index (χ3n) is 3.66. The van der Waals surface area contributed by atoms with Gasteiger partial charge in [0.15, 0.2) is 0 Å². The minimum atomic E-state index is -1.41. The van der Waals surface area contributed by atoms with Crippen LogP contribution in [0, 0.1) is 11.6 Å². The number of hydrogen-bond donors (Lipinski definition) is 2. The van der Waals surface area contributed by atoms with Crippen molar-refractivity contribution in [3.8, 4) is 0 Å². The lowest BCUT2D eigenvalue weighted by Crippen LogP contribution is -2.40. The molecule has 1 heterocycles. The number of nitrogens with one attached hydrogen (secondary N) is 1. The van der Waals surface area contributed by atoms with E-state index in [9.17, 15) is 13.9 Å². The van der Waals surface area contributed by atoms with Crippen molar-refractivity contribution >= 4 is 0 Å². The van der Waals surface area contributed by atoms with E-state index in [1.807, 2.05) is 23.9 Å². The summed E-state index contributed by atoms with van der Waals surface area (Å²) in [5.41, 5.74) is -1.32. The Kier molecular flexibility index (Phi) is 5.26. The molecule has 0 amide bonds. The van der Waals surface area contributed by atoms with Crippen molar-refractivity contribution in [1.82, 2.24) is 15.1 Å². The number of aromatic nitrogens is 2. The lowest BCUT2D eigenvalue weighted by Gasteiger charge is -2.27. The molecule has 4 nitrogen and oxygen atoms in total. The van der Waals surface area contributed by atoms with Crippen molar-refractivity contribution in [3.05, 3.63) is 53.9 Å². The van der Waals surface area contributed by atoms with Gasteiger partial charge >= 0.3 is 0 Å². The van der Waals surface area contributed by atoms with Gasteiger partial charge < -0.3 is 10.4 Å². The van der Waals surface area contributed by atoms with Gasteiger partial charge in [0.25, 0.3) is 0 Å². The fraction of sp³-hybridized carbons (Fsp3) is 0.438. The standard InChI is InChI=1S/C16H21F2N3O/c1-12(6-9-21-8-3-7-20-21)19-11-16(2,22)14-5-4-13(17)10-15(14)18/h3-5,7-8,10,12,19,22H,6,9,11H2,1-2H3.